The third kappa shape index (κ3) is 3.64. The van der Waals surface area contributed by atoms with Gasteiger partial charge in [-0.15, -0.1) is 0 Å². The Morgan fingerprint density at radius 3 is 2.25 bits per heavy atom. The van der Waals surface area contributed by atoms with Crippen LogP contribution in [-0.4, -0.2) is 39.9 Å². The summed E-state index contributed by atoms with van der Waals surface area (Å²) in [6.45, 7) is 5.02. The van der Waals surface area contributed by atoms with Gasteiger partial charge in [-0.2, -0.15) is 0 Å². The number of amides is 1. The number of aryl methyl sites for hydroxylation is 1. The summed E-state index contributed by atoms with van der Waals surface area (Å²) in [7, 11) is 4.88. The van der Waals surface area contributed by atoms with Crippen LogP contribution in [0.5, 0.6) is 5.75 Å². The SMILES string of the molecule is Cc1cc(S(=O)(=O)Cl)c(C)c(C)c1OCC(=O)N(C)C. The molecule has 1 aromatic rings. The number of halogens is 1. The third-order valence-electron chi connectivity index (χ3n) is 3.08. The van der Waals surface area contributed by atoms with Crippen molar-refractivity contribution in [2.75, 3.05) is 20.7 Å². The first kappa shape index (κ1) is 16.8. The van der Waals surface area contributed by atoms with E-state index < -0.39 is 9.05 Å². The van der Waals surface area contributed by atoms with Crippen LogP contribution in [0.2, 0.25) is 0 Å². The van der Waals surface area contributed by atoms with E-state index in [0.29, 0.717) is 22.4 Å². The first-order chi connectivity index (χ1) is 9.05. The highest BCUT2D eigenvalue weighted by atomic mass is 35.7. The Bertz CT molecular complexity index is 638. The van der Waals surface area contributed by atoms with Crippen molar-refractivity contribution >= 4 is 25.6 Å². The van der Waals surface area contributed by atoms with Crippen LogP contribution < -0.4 is 4.74 Å². The molecule has 0 N–H and O–H groups in total. The average Bonchev–Trinajstić information content (AvgIpc) is 2.31. The van der Waals surface area contributed by atoms with Crippen molar-refractivity contribution in [3.8, 4) is 5.75 Å². The molecular formula is C13H18ClNO4S. The lowest BCUT2D eigenvalue weighted by atomic mass is 10.1. The lowest BCUT2D eigenvalue weighted by Gasteiger charge is -2.17. The standard InChI is InChI=1S/C13H18ClNO4S/c1-8-6-11(20(14,17)18)9(2)10(3)13(8)19-7-12(16)15(4)5/h6H,7H2,1-5H3. The van der Waals surface area contributed by atoms with E-state index in [1.807, 2.05) is 0 Å². The average molecular weight is 320 g/mol. The zero-order valence-corrected chi connectivity index (χ0v) is 13.7. The number of hydrogen-bond acceptors (Lipinski definition) is 4. The number of likely N-dealkylation sites (N-methyl/N-ethyl adjacent to an activating group) is 1. The van der Waals surface area contributed by atoms with Crippen LogP contribution in [0.25, 0.3) is 0 Å². The van der Waals surface area contributed by atoms with Gasteiger partial charge in [0.15, 0.2) is 6.61 Å². The van der Waals surface area contributed by atoms with E-state index >= 15 is 0 Å². The topological polar surface area (TPSA) is 63.7 Å². The number of hydrogen-bond donors (Lipinski definition) is 0. The molecule has 0 atom stereocenters. The Morgan fingerprint density at radius 2 is 1.80 bits per heavy atom. The maximum Gasteiger partial charge on any atom is 0.261 e. The number of nitrogens with zero attached hydrogens (tertiary/aromatic N) is 1. The fourth-order valence-electron chi connectivity index (χ4n) is 1.76. The van der Waals surface area contributed by atoms with Gasteiger partial charge in [0.05, 0.1) is 4.90 Å². The zero-order valence-electron chi connectivity index (χ0n) is 12.2. The Labute approximate surface area is 123 Å². The molecule has 0 heterocycles. The van der Waals surface area contributed by atoms with Crippen molar-refractivity contribution in [3.63, 3.8) is 0 Å². The van der Waals surface area contributed by atoms with Crippen molar-refractivity contribution in [3.05, 3.63) is 22.8 Å². The summed E-state index contributed by atoms with van der Waals surface area (Å²) in [6.07, 6.45) is 0. The van der Waals surface area contributed by atoms with Crippen LogP contribution in [-0.2, 0) is 13.8 Å². The normalized spacial score (nSPS) is 11.3. The molecule has 0 unspecified atom stereocenters. The third-order valence-corrected chi connectivity index (χ3v) is 4.53. The molecule has 5 nitrogen and oxygen atoms in total. The maximum absolute atomic E-state index is 11.5. The van der Waals surface area contributed by atoms with E-state index in [9.17, 15) is 13.2 Å². The predicted molar refractivity (Wildman–Crippen MR) is 77.9 cm³/mol. The van der Waals surface area contributed by atoms with E-state index in [2.05, 4.69) is 0 Å². The highest BCUT2D eigenvalue weighted by Crippen LogP contribution is 2.32. The smallest absolute Gasteiger partial charge is 0.261 e. The quantitative estimate of drug-likeness (QED) is 0.796. The van der Waals surface area contributed by atoms with Crippen LogP contribution in [0.4, 0.5) is 0 Å². The molecule has 0 saturated carbocycles. The van der Waals surface area contributed by atoms with Gasteiger partial charge in [0.2, 0.25) is 0 Å². The van der Waals surface area contributed by atoms with Crippen LogP contribution in [0.1, 0.15) is 16.7 Å². The molecular weight excluding hydrogens is 302 g/mol. The molecule has 0 aliphatic rings. The van der Waals surface area contributed by atoms with Gasteiger partial charge in [0.25, 0.3) is 15.0 Å². The Kier molecular flexibility index (Phi) is 5.05. The minimum absolute atomic E-state index is 0.0699. The van der Waals surface area contributed by atoms with Gasteiger partial charge in [0.1, 0.15) is 5.75 Å². The molecule has 1 amide bonds. The molecule has 112 valence electrons. The van der Waals surface area contributed by atoms with Gasteiger partial charge < -0.3 is 9.64 Å². The van der Waals surface area contributed by atoms with Gasteiger partial charge in [-0.05, 0) is 43.5 Å². The highest BCUT2D eigenvalue weighted by molar-refractivity contribution is 8.13. The molecule has 0 aliphatic heterocycles. The monoisotopic (exact) mass is 319 g/mol. The summed E-state index contributed by atoms with van der Waals surface area (Å²) in [5.74, 6) is 0.345. The number of ether oxygens (including phenoxy) is 1. The Balaban J connectivity index is 3.19. The second-order valence-corrected chi connectivity index (χ2v) is 7.32. The largest absolute Gasteiger partial charge is 0.483 e. The lowest BCUT2D eigenvalue weighted by Crippen LogP contribution is -2.27. The summed E-state index contributed by atoms with van der Waals surface area (Å²) in [4.78, 5) is 13.0. The van der Waals surface area contributed by atoms with E-state index in [1.54, 1.807) is 34.9 Å². The summed E-state index contributed by atoms with van der Waals surface area (Å²) in [5.41, 5.74) is 1.81. The maximum atomic E-state index is 11.5. The first-order valence-electron chi connectivity index (χ1n) is 5.94. The van der Waals surface area contributed by atoms with E-state index in [1.165, 1.54) is 11.0 Å². The molecule has 0 spiro atoms. The second kappa shape index (κ2) is 6.01. The van der Waals surface area contributed by atoms with Crippen molar-refractivity contribution in [2.45, 2.75) is 25.7 Å². The van der Waals surface area contributed by atoms with Crippen LogP contribution in [0, 0.1) is 20.8 Å². The molecule has 0 fully saturated rings. The van der Waals surface area contributed by atoms with Gasteiger partial charge in [-0.1, -0.05) is 0 Å². The number of carbonyl (C=O) groups is 1. The minimum atomic E-state index is -3.80. The van der Waals surface area contributed by atoms with E-state index in [-0.39, 0.29) is 17.4 Å². The van der Waals surface area contributed by atoms with Gasteiger partial charge in [0, 0.05) is 24.8 Å². The minimum Gasteiger partial charge on any atom is -0.483 e. The summed E-state index contributed by atoms with van der Waals surface area (Å²) in [6, 6.07) is 1.46. The first-order valence-corrected chi connectivity index (χ1v) is 8.25. The van der Waals surface area contributed by atoms with Gasteiger partial charge in [-0.25, -0.2) is 8.42 Å². The number of rotatable bonds is 4. The van der Waals surface area contributed by atoms with Crippen molar-refractivity contribution in [2.24, 2.45) is 0 Å². The molecule has 1 rings (SSSR count). The highest BCUT2D eigenvalue weighted by Gasteiger charge is 2.20. The molecule has 0 radical (unpaired) electrons. The Hall–Kier alpha value is -1.27. The van der Waals surface area contributed by atoms with Gasteiger partial charge in [-0.3, -0.25) is 4.79 Å². The molecule has 7 heteroatoms. The van der Waals surface area contributed by atoms with Crippen molar-refractivity contribution in [1.29, 1.82) is 0 Å². The molecule has 0 aromatic heterocycles. The number of benzene rings is 1. The predicted octanol–water partition coefficient (Wildman–Crippen LogP) is 2.01. The molecule has 0 aliphatic carbocycles. The fraction of sp³-hybridized carbons (Fsp3) is 0.462. The number of carbonyl (C=O) groups excluding carboxylic acids is 1. The summed E-state index contributed by atoms with van der Waals surface area (Å²) in [5, 5.41) is 0. The van der Waals surface area contributed by atoms with Crippen LogP contribution in [0.15, 0.2) is 11.0 Å². The van der Waals surface area contributed by atoms with Crippen LogP contribution >= 0.6 is 10.7 Å². The molecule has 0 bridgehead atoms. The van der Waals surface area contributed by atoms with Gasteiger partial charge >= 0.3 is 0 Å². The Morgan fingerprint density at radius 1 is 1.25 bits per heavy atom. The van der Waals surface area contributed by atoms with Crippen molar-refractivity contribution in [1.82, 2.24) is 4.90 Å². The van der Waals surface area contributed by atoms with E-state index in [4.69, 9.17) is 15.4 Å². The molecule has 20 heavy (non-hydrogen) atoms. The lowest BCUT2D eigenvalue weighted by molar-refractivity contribution is -0.130. The summed E-state index contributed by atoms with van der Waals surface area (Å²) < 4.78 is 28.5. The zero-order chi connectivity index (χ0) is 15.7. The molecule has 1 aromatic carbocycles. The fourth-order valence-corrected chi connectivity index (χ4v) is 3.08. The van der Waals surface area contributed by atoms with Crippen LogP contribution in [0.3, 0.4) is 0 Å². The second-order valence-electron chi connectivity index (χ2n) is 4.79. The summed E-state index contributed by atoms with van der Waals surface area (Å²) >= 11 is 0. The van der Waals surface area contributed by atoms with E-state index in [0.717, 1.165) is 0 Å². The molecule has 0 saturated heterocycles. The van der Waals surface area contributed by atoms with Crippen molar-refractivity contribution < 1.29 is 17.9 Å².